The zero-order chi connectivity index (χ0) is 13.9. The Hall–Kier alpha value is -2.01. The van der Waals surface area contributed by atoms with Gasteiger partial charge in [-0.05, 0) is 30.5 Å². The Morgan fingerprint density at radius 3 is 2.85 bits per heavy atom. The minimum Gasteiger partial charge on any atom is -0.366 e. The predicted octanol–water partition coefficient (Wildman–Crippen LogP) is 2.43. The van der Waals surface area contributed by atoms with Gasteiger partial charge in [-0.25, -0.2) is 14.4 Å². The third-order valence-corrected chi connectivity index (χ3v) is 3.64. The number of aromatic nitrogens is 2. The van der Waals surface area contributed by atoms with Gasteiger partial charge in [0.1, 0.15) is 18.0 Å². The first-order valence-electron chi connectivity index (χ1n) is 6.76. The number of nitrogens with zero attached hydrogens (tertiary/aromatic N) is 2. The van der Waals surface area contributed by atoms with Crippen LogP contribution in [0.3, 0.4) is 0 Å². The fourth-order valence-electron chi connectivity index (χ4n) is 2.44. The molecule has 4 nitrogen and oxygen atoms in total. The van der Waals surface area contributed by atoms with Crippen molar-refractivity contribution in [2.24, 2.45) is 5.73 Å². The molecule has 1 aliphatic carbocycles. The van der Waals surface area contributed by atoms with Crippen LogP contribution in [0.25, 0.3) is 0 Å². The minimum atomic E-state index is -0.226. The second-order valence-corrected chi connectivity index (χ2v) is 5.24. The van der Waals surface area contributed by atoms with Crippen LogP contribution in [0, 0.1) is 5.82 Å². The summed E-state index contributed by atoms with van der Waals surface area (Å²) in [5.41, 5.74) is 7.71. The lowest BCUT2D eigenvalue weighted by atomic mass is 9.79. The Bertz CT molecular complexity index is 596. The van der Waals surface area contributed by atoms with Crippen molar-refractivity contribution in [1.29, 1.82) is 0 Å². The van der Waals surface area contributed by atoms with Crippen LogP contribution >= 0.6 is 0 Å². The summed E-state index contributed by atoms with van der Waals surface area (Å²) in [7, 11) is 0. The van der Waals surface area contributed by atoms with E-state index in [1.807, 2.05) is 12.1 Å². The molecule has 2 aromatic rings. The third kappa shape index (κ3) is 2.93. The topological polar surface area (TPSA) is 63.8 Å². The molecule has 5 heteroatoms. The van der Waals surface area contributed by atoms with Gasteiger partial charge < -0.3 is 11.1 Å². The van der Waals surface area contributed by atoms with Gasteiger partial charge in [-0.3, -0.25) is 0 Å². The maximum atomic E-state index is 13.1. The Balaban J connectivity index is 1.64. The zero-order valence-corrected chi connectivity index (χ0v) is 11.1. The number of hydrogen-bond donors (Lipinski definition) is 2. The monoisotopic (exact) mass is 272 g/mol. The van der Waals surface area contributed by atoms with E-state index in [1.165, 1.54) is 12.1 Å². The molecule has 0 unspecified atom stereocenters. The molecule has 0 atom stereocenters. The molecular weight excluding hydrogens is 255 g/mol. The van der Waals surface area contributed by atoms with Crippen LogP contribution in [-0.4, -0.2) is 16.0 Å². The maximum absolute atomic E-state index is 13.1. The van der Waals surface area contributed by atoms with Gasteiger partial charge in [0.15, 0.2) is 0 Å². The summed E-state index contributed by atoms with van der Waals surface area (Å²) in [5, 5.41) is 3.19. The molecule has 1 heterocycles. The number of nitrogens with one attached hydrogen (secondary N) is 1. The SMILES string of the molecule is NC1CC(c2cc(NCc3cccc(F)c3)ncn2)C1. The number of rotatable bonds is 4. The standard InChI is InChI=1S/C15H17FN4/c16-12-3-1-2-10(4-12)8-18-15-7-14(19-9-20-15)11-5-13(17)6-11/h1-4,7,9,11,13H,5-6,8,17H2,(H,18,19,20). The smallest absolute Gasteiger partial charge is 0.129 e. The molecule has 3 N–H and O–H groups in total. The summed E-state index contributed by atoms with van der Waals surface area (Å²) < 4.78 is 13.1. The second-order valence-electron chi connectivity index (χ2n) is 5.24. The number of nitrogens with two attached hydrogens (primary N) is 1. The minimum absolute atomic E-state index is 0.226. The Morgan fingerprint density at radius 1 is 1.25 bits per heavy atom. The molecule has 1 aromatic carbocycles. The highest BCUT2D eigenvalue weighted by atomic mass is 19.1. The molecule has 1 aromatic heterocycles. The number of hydrogen-bond acceptors (Lipinski definition) is 4. The third-order valence-electron chi connectivity index (χ3n) is 3.64. The van der Waals surface area contributed by atoms with Gasteiger partial charge in [0.25, 0.3) is 0 Å². The van der Waals surface area contributed by atoms with Crippen molar-refractivity contribution in [3.05, 3.63) is 53.7 Å². The Labute approximate surface area is 117 Å². The van der Waals surface area contributed by atoms with Gasteiger partial charge >= 0.3 is 0 Å². The van der Waals surface area contributed by atoms with Crippen molar-refractivity contribution in [3.8, 4) is 0 Å². The quantitative estimate of drug-likeness (QED) is 0.897. The molecule has 1 aliphatic rings. The molecule has 0 saturated heterocycles. The summed E-state index contributed by atoms with van der Waals surface area (Å²) in [5.74, 6) is 0.985. The lowest BCUT2D eigenvalue weighted by molar-refractivity contribution is 0.345. The average Bonchev–Trinajstić information content (AvgIpc) is 2.42. The molecule has 20 heavy (non-hydrogen) atoms. The van der Waals surface area contributed by atoms with E-state index in [-0.39, 0.29) is 5.82 Å². The van der Waals surface area contributed by atoms with Crippen LogP contribution in [0.1, 0.15) is 30.0 Å². The van der Waals surface area contributed by atoms with E-state index < -0.39 is 0 Å². The van der Waals surface area contributed by atoms with Gasteiger partial charge in [0.05, 0.1) is 0 Å². The van der Waals surface area contributed by atoms with E-state index in [0.29, 0.717) is 18.5 Å². The lowest BCUT2D eigenvalue weighted by Gasteiger charge is -2.31. The zero-order valence-electron chi connectivity index (χ0n) is 11.1. The number of benzene rings is 1. The summed E-state index contributed by atoms with van der Waals surface area (Å²) >= 11 is 0. The molecule has 0 aliphatic heterocycles. The molecule has 1 fully saturated rings. The lowest BCUT2D eigenvalue weighted by Crippen LogP contribution is -2.35. The van der Waals surface area contributed by atoms with Crippen LogP contribution in [0.4, 0.5) is 10.2 Å². The van der Waals surface area contributed by atoms with Crippen molar-refractivity contribution < 1.29 is 4.39 Å². The van der Waals surface area contributed by atoms with Crippen LogP contribution in [0.2, 0.25) is 0 Å². The summed E-state index contributed by atoms with van der Waals surface area (Å²) in [6.45, 7) is 0.540. The molecule has 104 valence electrons. The van der Waals surface area contributed by atoms with Gasteiger partial charge in [0.2, 0.25) is 0 Å². The van der Waals surface area contributed by atoms with Crippen LogP contribution in [0.15, 0.2) is 36.7 Å². The highest BCUT2D eigenvalue weighted by molar-refractivity contribution is 5.37. The Kier molecular flexibility index (Phi) is 3.60. The van der Waals surface area contributed by atoms with E-state index in [4.69, 9.17) is 5.73 Å². The largest absolute Gasteiger partial charge is 0.366 e. The summed E-state index contributed by atoms with van der Waals surface area (Å²) in [6.07, 6.45) is 3.54. The van der Waals surface area contributed by atoms with Crippen LogP contribution in [-0.2, 0) is 6.54 Å². The fraction of sp³-hybridized carbons (Fsp3) is 0.333. The van der Waals surface area contributed by atoms with Crippen molar-refractivity contribution in [2.75, 3.05) is 5.32 Å². The van der Waals surface area contributed by atoms with Crippen molar-refractivity contribution in [2.45, 2.75) is 31.3 Å². The van der Waals surface area contributed by atoms with Crippen LogP contribution in [0.5, 0.6) is 0 Å². The second kappa shape index (κ2) is 5.54. The molecule has 0 bridgehead atoms. The first-order valence-corrected chi connectivity index (χ1v) is 6.76. The van der Waals surface area contributed by atoms with E-state index in [9.17, 15) is 4.39 Å². The normalized spacial score (nSPS) is 21.3. The van der Waals surface area contributed by atoms with Gasteiger partial charge in [-0.15, -0.1) is 0 Å². The van der Waals surface area contributed by atoms with Crippen molar-refractivity contribution in [1.82, 2.24) is 9.97 Å². The highest BCUT2D eigenvalue weighted by Gasteiger charge is 2.28. The number of halogens is 1. The highest BCUT2D eigenvalue weighted by Crippen LogP contribution is 2.34. The van der Waals surface area contributed by atoms with E-state index in [1.54, 1.807) is 12.4 Å². The molecule has 3 rings (SSSR count). The van der Waals surface area contributed by atoms with Crippen molar-refractivity contribution in [3.63, 3.8) is 0 Å². The fourth-order valence-corrected chi connectivity index (χ4v) is 2.44. The summed E-state index contributed by atoms with van der Waals surface area (Å²) in [6, 6.07) is 8.79. The Morgan fingerprint density at radius 2 is 2.10 bits per heavy atom. The molecule has 0 radical (unpaired) electrons. The predicted molar refractivity (Wildman–Crippen MR) is 75.7 cm³/mol. The van der Waals surface area contributed by atoms with E-state index in [2.05, 4.69) is 15.3 Å². The molecule has 0 spiro atoms. The van der Waals surface area contributed by atoms with Gasteiger partial charge in [-0.1, -0.05) is 12.1 Å². The van der Waals surface area contributed by atoms with E-state index in [0.717, 1.165) is 29.9 Å². The first-order chi connectivity index (χ1) is 9.70. The molecular formula is C15H17FN4. The molecule has 1 saturated carbocycles. The number of anilines is 1. The van der Waals surface area contributed by atoms with Gasteiger partial charge in [-0.2, -0.15) is 0 Å². The first kappa shape index (κ1) is 13.0. The summed E-state index contributed by atoms with van der Waals surface area (Å²) in [4.78, 5) is 8.49. The van der Waals surface area contributed by atoms with E-state index >= 15 is 0 Å². The maximum Gasteiger partial charge on any atom is 0.129 e. The average molecular weight is 272 g/mol. The van der Waals surface area contributed by atoms with Gasteiger partial charge in [0, 0.05) is 30.3 Å². The van der Waals surface area contributed by atoms with Crippen molar-refractivity contribution >= 4 is 5.82 Å². The van der Waals surface area contributed by atoms with Crippen LogP contribution < -0.4 is 11.1 Å². The molecule has 0 amide bonds.